The summed E-state index contributed by atoms with van der Waals surface area (Å²) in [6.45, 7) is 6.82. The predicted molar refractivity (Wildman–Crippen MR) is 133 cm³/mol. The van der Waals surface area contributed by atoms with Crippen molar-refractivity contribution in [3.63, 3.8) is 0 Å². The average Bonchev–Trinajstić information content (AvgIpc) is 3.37. The zero-order chi connectivity index (χ0) is 25.1. The van der Waals surface area contributed by atoms with E-state index in [1.807, 2.05) is 18.0 Å². The van der Waals surface area contributed by atoms with Crippen molar-refractivity contribution in [1.29, 1.82) is 0 Å². The molecule has 1 atom stereocenters. The van der Waals surface area contributed by atoms with E-state index in [0.717, 1.165) is 74.1 Å². The van der Waals surface area contributed by atoms with Crippen LogP contribution in [0, 0.1) is 12.8 Å². The molecule has 0 bridgehead atoms. The Morgan fingerprint density at radius 3 is 2.69 bits per heavy atom. The van der Waals surface area contributed by atoms with Crippen molar-refractivity contribution in [3.05, 3.63) is 35.4 Å². The molecule has 36 heavy (non-hydrogen) atoms. The van der Waals surface area contributed by atoms with Crippen LogP contribution in [0.1, 0.15) is 36.1 Å². The number of likely N-dealkylation sites (tertiary alicyclic amines) is 2. The summed E-state index contributed by atoms with van der Waals surface area (Å²) in [4.78, 5) is 43.6. The molecule has 2 fully saturated rings. The summed E-state index contributed by atoms with van der Waals surface area (Å²) in [5.41, 5.74) is 4.05. The first-order valence-electron chi connectivity index (χ1n) is 12.8. The number of hydrogen-bond acceptors (Lipinski definition) is 9. The normalized spacial score (nSPS) is 20.8. The van der Waals surface area contributed by atoms with Crippen LogP contribution in [0.25, 0.3) is 0 Å². The number of carbonyl (C=O) groups excluding carboxylic acids is 2. The second-order valence-electron chi connectivity index (χ2n) is 9.85. The van der Waals surface area contributed by atoms with E-state index in [0.29, 0.717) is 37.9 Å². The quantitative estimate of drug-likeness (QED) is 0.532. The van der Waals surface area contributed by atoms with Gasteiger partial charge in [0.25, 0.3) is 0 Å². The number of methoxy groups -OCH3 is 1. The van der Waals surface area contributed by atoms with Gasteiger partial charge in [-0.1, -0.05) is 0 Å². The third kappa shape index (κ3) is 5.13. The second-order valence-corrected chi connectivity index (χ2v) is 9.85. The minimum absolute atomic E-state index is 0.0357. The van der Waals surface area contributed by atoms with Gasteiger partial charge in [-0.25, -0.2) is 15.0 Å². The SMILES string of the molecule is COc1ncc(N2CCc3ncnc(O[C@H]4CCN(C(=O)C5CCN(CC=O)CC5)C4)c3C2)cc1C. The molecule has 0 N–H and O–H groups in total. The summed E-state index contributed by atoms with van der Waals surface area (Å²) >= 11 is 0. The molecule has 1 amide bonds. The van der Waals surface area contributed by atoms with Crippen molar-refractivity contribution >= 4 is 17.9 Å². The van der Waals surface area contributed by atoms with E-state index in [1.54, 1.807) is 13.4 Å². The summed E-state index contributed by atoms with van der Waals surface area (Å²) in [7, 11) is 1.63. The Balaban J connectivity index is 1.21. The van der Waals surface area contributed by atoms with E-state index in [9.17, 15) is 9.59 Å². The standard InChI is InChI=1S/C26H34N6O4/c1-18-13-20(14-27-24(18)35-2)31-10-6-23-22(16-31)25(29-17-28-23)36-21-5-9-32(15-21)26(34)19-3-7-30(8-4-19)11-12-33/h12-14,17,19,21H,3-11,15-16H2,1-2H3/t21-/m0/s1. The molecule has 0 saturated carbocycles. The number of carbonyl (C=O) groups is 2. The lowest BCUT2D eigenvalue weighted by molar-refractivity contribution is -0.136. The van der Waals surface area contributed by atoms with Crippen LogP contribution in [0.2, 0.25) is 0 Å². The van der Waals surface area contributed by atoms with Crippen molar-refractivity contribution < 1.29 is 19.1 Å². The lowest BCUT2D eigenvalue weighted by atomic mass is 9.95. The van der Waals surface area contributed by atoms with Gasteiger partial charge in [0.05, 0.1) is 49.9 Å². The highest BCUT2D eigenvalue weighted by atomic mass is 16.5. The molecule has 3 aliphatic rings. The third-order valence-electron chi connectivity index (χ3n) is 7.54. The lowest BCUT2D eigenvalue weighted by Crippen LogP contribution is -2.42. The zero-order valence-electron chi connectivity index (χ0n) is 21.1. The van der Waals surface area contributed by atoms with Gasteiger partial charge in [0.15, 0.2) is 0 Å². The van der Waals surface area contributed by atoms with Crippen LogP contribution in [0.4, 0.5) is 5.69 Å². The largest absolute Gasteiger partial charge is 0.481 e. The van der Waals surface area contributed by atoms with Gasteiger partial charge in [0.2, 0.25) is 17.7 Å². The van der Waals surface area contributed by atoms with Crippen molar-refractivity contribution in [2.45, 2.75) is 45.3 Å². The van der Waals surface area contributed by atoms with Crippen molar-refractivity contribution in [1.82, 2.24) is 24.8 Å². The predicted octanol–water partition coefficient (Wildman–Crippen LogP) is 1.64. The summed E-state index contributed by atoms with van der Waals surface area (Å²) < 4.78 is 11.7. The molecule has 0 aliphatic carbocycles. The van der Waals surface area contributed by atoms with Gasteiger partial charge in [0.1, 0.15) is 18.7 Å². The highest BCUT2D eigenvalue weighted by Crippen LogP contribution is 2.31. The Morgan fingerprint density at radius 2 is 1.94 bits per heavy atom. The van der Waals surface area contributed by atoms with Gasteiger partial charge in [0, 0.05) is 37.4 Å². The molecular weight excluding hydrogens is 460 g/mol. The van der Waals surface area contributed by atoms with Gasteiger partial charge in [-0.3, -0.25) is 9.69 Å². The van der Waals surface area contributed by atoms with E-state index >= 15 is 0 Å². The average molecular weight is 495 g/mol. The highest BCUT2D eigenvalue weighted by Gasteiger charge is 2.34. The Kier molecular flexibility index (Phi) is 7.31. The number of anilines is 1. The number of aryl methyl sites for hydroxylation is 1. The number of ether oxygens (including phenoxy) is 2. The van der Waals surface area contributed by atoms with Crippen molar-refractivity contribution in [2.75, 3.05) is 51.3 Å². The van der Waals surface area contributed by atoms with Crippen LogP contribution in [-0.4, -0.2) is 89.4 Å². The molecule has 0 radical (unpaired) electrons. The second kappa shape index (κ2) is 10.8. The number of rotatable bonds is 7. The van der Waals surface area contributed by atoms with Crippen LogP contribution < -0.4 is 14.4 Å². The fraction of sp³-hybridized carbons (Fsp3) is 0.577. The highest BCUT2D eigenvalue weighted by molar-refractivity contribution is 5.79. The van der Waals surface area contributed by atoms with Gasteiger partial charge in [-0.15, -0.1) is 0 Å². The van der Waals surface area contributed by atoms with Crippen LogP contribution in [0.3, 0.4) is 0 Å². The first-order valence-corrected chi connectivity index (χ1v) is 12.8. The number of piperidine rings is 1. The smallest absolute Gasteiger partial charge is 0.225 e. The van der Waals surface area contributed by atoms with E-state index in [4.69, 9.17) is 9.47 Å². The number of aldehydes is 1. The molecule has 0 spiro atoms. The molecule has 192 valence electrons. The molecule has 2 aromatic rings. The number of aromatic nitrogens is 3. The lowest BCUT2D eigenvalue weighted by Gasteiger charge is -2.32. The van der Waals surface area contributed by atoms with E-state index in [1.165, 1.54) is 0 Å². The van der Waals surface area contributed by atoms with Crippen LogP contribution >= 0.6 is 0 Å². The Hall–Kier alpha value is -3.27. The molecule has 0 unspecified atom stereocenters. The molecule has 10 nitrogen and oxygen atoms in total. The number of fused-ring (bicyclic) bond motifs is 1. The number of pyridine rings is 1. The first-order chi connectivity index (χ1) is 17.6. The first kappa shape index (κ1) is 24.4. The summed E-state index contributed by atoms with van der Waals surface area (Å²) in [6.07, 6.45) is 7.48. The summed E-state index contributed by atoms with van der Waals surface area (Å²) in [5.74, 6) is 1.50. The third-order valence-corrected chi connectivity index (χ3v) is 7.54. The fourth-order valence-electron chi connectivity index (χ4n) is 5.48. The van der Waals surface area contributed by atoms with Crippen LogP contribution in [0.15, 0.2) is 18.6 Å². The van der Waals surface area contributed by atoms with Gasteiger partial charge in [-0.05, 0) is 38.9 Å². The van der Waals surface area contributed by atoms with E-state index < -0.39 is 0 Å². The van der Waals surface area contributed by atoms with Gasteiger partial charge >= 0.3 is 0 Å². The summed E-state index contributed by atoms with van der Waals surface area (Å²) in [5, 5.41) is 0. The van der Waals surface area contributed by atoms with E-state index in [-0.39, 0.29) is 17.9 Å². The minimum Gasteiger partial charge on any atom is -0.481 e. The fourth-order valence-corrected chi connectivity index (χ4v) is 5.48. The van der Waals surface area contributed by atoms with Crippen LogP contribution in [0.5, 0.6) is 11.8 Å². The Labute approximate surface area is 211 Å². The number of hydrogen-bond donors (Lipinski definition) is 0. The maximum Gasteiger partial charge on any atom is 0.225 e. The maximum atomic E-state index is 13.1. The van der Waals surface area contributed by atoms with E-state index in [2.05, 4.69) is 30.8 Å². The molecule has 5 heterocycles. The van der Waals surface area contributed by atoms with Crippen molar-refractivity contribution in [2.24, 2.45) is 5.92 Å². The van der Waals surface area contributed by atoms with Crippen LogP contribution in [-0.2, 0) is 22.6 Å². The minimum atomic E-state index is -0.0802. The van der Waals surface area contributed by atoms with Crippen molar-refractivity contribution in [3.8, 4) is 11.8 Å². The molecule has 2 saturated heterocycles. The molecular formula is C26H34N6O4. The monoisotopic (exact) mass is 494 g/mol. The number of nitrogens with zero attached hydrogens (tertiary/aromatic N) is 6. The Morgan fingerprint density at radius 1 is 1.11 bits per heavy atom. The molecule has 10 heteroatoms. The topological polar surface area (TPSA) is 101 Å². The molecule has 5 rings (SSSR count). The molecule has 0 aromatic carbocycles. The summed E-state index contributed by atoms with van der Waals surface area (Å²) in [6, 6.07) is 2.09. The van der Waals surface area contributed by atoms with Gasteiger partial charge < -0.3 is 24.1 Å². The molecule has 3 aliphatic heterocycles. The zero-order valence-corrected chi connectivity index (χ0v) is 21.1. The number of amides is 1. The Bertz CT molecular complexity index is 1100. The van der Waals surface area contributed by atoms with Gasteiger partial charge in [-0.2, -0.15) is 0 Å². The maximum absolute atomic E-state index is 13.1. The molecule has 2 aromatic heterocycles.